The number of benzene rings is 2. The number of fused-ring (bicyclic) bond motifs is 1. The number of rotatable bonds is 18. The largest absolute Gasteiger partial charge is 0.390 e. The molecule has 3 aromatic rings. The molecule has 13 heteroatoms. The Bertz CT molecular complexity index is 1470. The molecule has 2 aromatic carbocycles. The lowest BCUT2D eigenvalue weighted by Gasteiger charge is -2.37. The number of hydrogen-bond acceptors (Lipinski definition) is 9. The summed E-state index contributed by atoms with van der Waals surface area (Å²) in [7, 11) is -2.47. The highest BCUT2D eigenvalue weighted by Gasteiger charge is 2.36. The predicted octanol–water partition coefficient (Wildman–Crippen LogP) is 3.45. The number of carbonyl (C=O) groups is 2. The Hall–Kier alpha value is -2.94. The van der Waals surface area contributed by atoms with Crippen molar-refractivity contribution < 1.29 is 27.9 Å². The molecule has 11 nitrogen and oxygen atoms in total. The van der Waals surface area contributed by atoms with Crippen molar-refractivity contribution in [3.8, 4) is 0 Å². The molecular formula is C32H47N5O6S2. The topological polar surface area (TPSA) is 141 Å². The predicted molar refractivity (Wildman–Crippen MR) is 177 cm³/mol. The number of ether oxygens (including phenoxy) is 1. The molecule has 0 fully saturated rings. The minimum atomic E-state index is -4.04. The van der Waals surface area contributed by atoms with Crippen LogP contribution in [0, 0.1) is 11.8 Å². The zero-order chi connectivity index (χ0) is 33.0. The lowest BCUT2D eigenvalue weighted by molar-refractivity contribution is -0.148. The van der Waals surface area contributed by atoms with Gasteiger partial charge in [0.15, 0.2) is 0 Å². The van der Waals surface area contributed by atoms with Gasteiger partial charge in [0.2, 0.25) is 15.9 Å². The second kappa shape index (κ2) is 17.7. The molecule has 2 amide bonds. The minimum Gasteiger partial charge on any atom is -0.390 e. The van der Waals surface area contributed by atoms with Crippen LogP contribution in [-0.4, -0.2) is 91.7 Å². The lowest BCUT2D eigenvalue weighted by atomic mass is 9.98. The van der Waals surface area contributed by atoms with Crippen LogP contribution in [-0.2, 0) is 30.8 Å². The standard InChI is InChI=1S/C32H47N5O6S2/c1-6-24(4)16-32(40)37(35-31(39)19-33-14-15-43-5)28(17-25-10-8-7-9-11-25)29(38)21-36(20-23(2)3)45(41,42)26-12-13-27-30(18-26)44-22-34-27/h7-13,18,22-24,28-29,33,38H,6,14-17,19-21H2,1-5H3,(H,35,39)/t24-,28?,29+/m0/s1. The van der Waals surface area contributed by atoms with E-state index in [0.717, 1.165) is 16.7 Å². The molecule has 1 unspecified atom stereocenters. The Morgan fingerprint density at radius 2 is 1.82 bits per heavy atom. The highest BCUT2D eigenvalue weighted by Crippen LogP contribution is 2.26. The van der Waals surface area contributed by atoms with Gasteiger partial charge in [-0.1, -0.05) is 64.4 Å². The van der Waals surface area contributed by atoms with Gasteiger partial charge in [-0.05, 0) is 42.0 Å². The molecule has 1 heterocycles. The van der Waals surface area contributed by atoms with E-state index in [1.165, 1.54) is 26.7 Å². The van der Waals surface area contributed by atoms with Gasteiger partial charge in [0, 0.05) is 33.2 Å². The van der Waals surface area contributed by atoms with Crippen molar-refractivity contribution in [3.05, 3.63) is 59.6 Å². The Morgan fingerprint density at radius 3 is 2.49 bits per heavy atom. The van der Waals surface area contributed by atoms with E-state index in [0.29, 0.717) is 18.7 Å². The third-order valence-electron chi connectivity index (χ3n) is 7.47. The van der Waals surface area contributed by atoms with Gasteiger partial charge < -0.3 is 15.2 Å². The van der Waals surface area contributed by atoms with Gasteiger partial charge >= 0.3 is 0 Å². The molecule has 0 aliphatic rings. The summed E-state index contributed by atoms with van der Waals surface area (Å²) >= 11 is 1.35. The van der Waals surface area contributed by atoms with Gasteiger partial charge in [-0.3, -0.25) is 15.0 Å². The van der Waals surface area contributed by atoms with E-state index >= 15 is 0 Å². The number of amides is 2. The van der Waals surface area contributed by atoms with Crippen molar-refractivity contribution in [2.45, 2.75) is 64.0 Å². The van der Waals surface area contributed by atoms with Crippen LogP contribution < -0.4 is 10.7 Å². The third kappa shape index (κ3) is 10.8. The van der Waals surface area contributed by atoms with E-state index in [9.17, 15) is 23.1 Å². The fourth-order valence-electron chi connectivity index (χ4n) is 4.83. The van der Waals surface area contributed by atoms with Crippen LogP contribution >= 0.6 is 11.3 Å². The Kier molecular flexibility index (Phi) is 14.3. The first-order chi connectivity index (χ1) is 21.5. The third-order valence-corrected chi connectivity index (χ3v) is 10.1. The molecule has 0 saturated carbocycles. The van der Waals surface area contributed by atoms with Crippen LogP contribution in [0.15, 0.2) is 58.9 Å². The van der Waals surface area contributed by atoms with Crippen molar-refractivity contribution >= 4 is 43.4 Å². The van der Waals surface area contributed by atoms with Crippen LogP contribution in [0.3, 0.4) is 0 Å². The normalized spacial score (nSPS) is 14.0. The second-order valence-corrected chi connectivity index (χ2v) is 14.5. The fourth-order valence-corrected chi connectivity index (χ4v) is 7.27. The molecule has 248 valence electrons. The number of aliphatic hydroxyl groups is 1. The smallest absolute Gasteiger partial charge is 0.252 e. The summed E-state index contributed by atoms with van der Waals surface area (Å²) in [5.74, 6) is -0.833. The summed E-state index contributed by atoms with van der Waals surface area (Å²) in [5.41, 5.74) is 5.93. The number of sulfonamides is 1. The number of hydrazine groups is 1. The zero-order valence-electron chi connectivity index (χ0n) is 26.8. The molecule has 0 aliphatic heterocycles. The van der Waals surface area contributed by atoms with Crippen LogP contribution in [0.4, 0.5) is 0 Å². The number of nitrogens with one attached hydrogen (secondary N) is 2. The summed E-state index contributed by atoms with van der Waals surface area (Å²) in [6.45, 7) is 8.38. The van der Waals surface area contributed by atoms with Crippen LogP contribution in [0.1, 0.15) is 46.1 Å². The molecule has 3 N–H and O–H groups in total. The monoisotopic (exact) mass is 661 g/mol. The number of aromatic nitrogens is 1. The Labute approximate surface area is 271 Å². The number of thiazole rings is 1. The van der Waals surface area contributed by atoms with Crippen LogP contribution in [0.2, 0.25) is 0 Å². The first-order valence-corrected chi connectivity index (χ1v) is 17.6. The molecule has 0 saturated heterocycles. The van der Waals surface area contributed by atoms with Crippen LogP contribution in [0.25, 0.3) is 10.2 Å². The van der Waals surface area contributed by atoms with Crippen molar-refractivity contribution in [1.82, 2.24) is 25.0 Å². The Morgan fingerprint density at radius 1 is 1.09 bits per heavy atom. The first kappa shape index (κ1) is 36.5. The van der Waals surface area contributed by atoms with Gasteiger partial charge in [0.1, 0.15) is 0 Å². The van der Waals surface area contributed by atoms with E-state index in [1.807, 2.05) is 58.0 Å². The quantitative estimate of drug-likeness (QED) is 0.139. The number of methoxy groups -OCH3 is 1. The number of aliphatic hydroxyl groups excluding tert-OH is 1. The lowest BCUT2D eigenvalue weighted by Crippen LogP contribution is -2.60. The van der Waals surface area contributed by atoms with E-state index < -0.39 is 28.1 Å². The highest BCUT2D eigenvalue weighted by atomic mass is 32.2. The number of carbonyl (C=O) groups excluding carboxylic acids is 2. The van der Waals surface area contributed by atoms with Gasteiger partial charge in [0.25, 0.3) is 5.91 Å². The average molecular weight is 662 g/mol. The van der Waals surface area contributed by atoms with Crippen molar-refractivity contribution in [3.63, 3.8) is 0 Å². The van der Waals surface area contributed by atoms with Gasteiger partial charge in [-0.2, -0.15) is 4.31 Å². The molecule has 45 heavy (non-hydrogen) atoms. The maximum atomic E-state index is 14.0. The zero-order valence-corrected chi connectivity index (χ0v) is 28.4. The summed E-state index contributed by atoms with van der Waals surface area (Å²) in [6.07, 6.45) is -0.251. The Balaban J connectivity index is 1.98. The van der Waals surface area contributed by atoms with E-state index in [2.05, 4.69) is 15.7 Å². The van der Waals surface area contributed by atoms with Gasteiger partial charge in [-0.15, -0.1) is 11.3 Å². The molecular weight excluding hydrogens is 615 g/mol. The number of hydrogen-bond donors (Lipinski definition) is 3. The summed E-state index contributed by atoms with van der Waals surface area (Å²) in [6, 6.07) is 13.2. The van der Waals surface area contributed by atoms with E-state index in [4.69, 9.17) is 4.74 Å². The molecule has 0 bridgehead atoms. The SMILES string of the molecule is CC[C@H](C)CC(=O)N(NC(=O)CNCCOC)C(Cc1ccccc1)[C@H](O)CN(CC(C)C)S(=O)(=O)c1ccc2ncsc2c1. The average Bonchev–Trinajstić information content (AvgIpc) is 3.49. The first-order valence-electron chi connectivity index (χ1n) is 15.3. The van der Waals surface area contributed by atoms with Crippen molar-refractivity contribution in [2.75, 3.05) is 39.9 Å². The van der Waals surface area contributed by atoms with Gasteiger partial charge in [-0.25, -0.2) is 18.4 Å². The minimum absolute atomic E-state index is 0.0331. The molecule has 0 radical (unpaired) electrons. The molecule has 3 atom stereocenters. The van der Waals surface area contributed by atoms with Gasteiger partial charge in [0.05, 0.1) is 45.9 Å². The molecule has 0 aliphatic carbocycles. The fraction of sp³-hybridized carbons (Fsp3) is 0.531. The highest BCUT2D eigenvalue weighted by molar-refractivity contribution is 7.89. The van der Waals surface area contributed by atoms with E-state index in [-0.39, 0.29) is 55.1 Å². The summed E-state index contributed by atoms with van der Waals surface area (Å²) in [4.78, 5) is 31.2. The molecule has 1 aromatic heterocycles. The van der Waals surface area contributed by atoms with E-state index in [1.54, 1.807) is 24.8 Å². The van der Waals surface area contributed by atoms with Crippen molar-refractivity contribution in [2.24, 2.45) is 11.8 Å². The summed E-state index contributed by atoms with van der Waals surface area (Å²) in [5, 5.41) is 16.1. The second-order valence-electron chi connectivity index (χ2n) is 11.7. The van der Waals surface area contributed by atoms with Crippen molar-refractivity contribution in [1.29, 1.82) is 0 Å². The number of nitrogens with zero attached hydrogens (tertiary/aromatic N) is 3. The molecule has 3 rings (SSSR count). The molecule has 0 spiro atoms. The summed E-state index contributed by atoms with van der Waals surface area (Å²) < 4.78 is 35.1. The van der Waals surface area contributed by atoms with Crippen LogP contribution in [0.5, 0.6) is 0 Å². The maximum absolute atomic E-state index is 14.0. The maximum Gasteiger partial charge on any atom is 0.252 e.